The second-order valence-corrected chi connectivity index (χ2v) is 9.39. The van der Waals surface area contributed by atoms with Crippen LogP contribution in [0.15, 0.2) is 39.5 Å². The number of halogens is 1. The van der Waals surface area contributed by atoms with Gasteiger partial charge in [-0.1, -0.05) is 0 Å². The van der Waals surface area contributed by atoms with Gasteiger partial charge in [-0.15, -0.1) is 23.1 Å². The average Bonchev–Trinajstić information content (AvgIpc) is 3.24. The number of carbonyl (C=O) groups excluding carboxylic acids is 1. The first kappa shape index (κ1) is 21.5. The largest absolute Gasteiger partial charge is 0.477 e. The molecule has 0 bridgehead atoms. The van der Waals surface area contributed by atoms with Crippen molar-refractivity contribution < 1.29 is 19.1 Å². The Morgan fingerprint density at radius 1 is 1.23 bits per heavy atom. The predicted octanol–water partition coefficient (Wildman–Crippen LogP) is 3.15. The van der Waals surface area contributed by atoms with Crippen molar-refractivity contribution in [3.05, 3.63) is 56.9 Å². The summed E-state index contributed by atoms with van der Waals surface area (Å²) in [6, 6.07) is 6.43. The van der Waals surface area contributed by atoms with Gasteiger partial charge in [0.25, 0.3) is 0 Å². The Kier molecular flexibility index (Phi) is 6.12. The fourth-order valence-electron chi connectivity index (χ4n) is 3.64. The van der Waals surface area contributed by atoms with Gasteiger partial charge in [0.2, 0.25) is 5.43 Å². The molecule has 1 aliphatic rings. The molecule has 0 aliphatic carbocycles. The Hall–Kier alpha value is -2.69. The van der Waals surface area contributed by atoms with E-state index in [9.17, 15) is 18.8 Å². The zero-order valence-corrected chi connectivity index (χ0v) is 18.3. The minimum Gasteiger partial charge on any atom is -0.477 e. The van der Waals surface area contributed by atoms with Crippen LogP contribution in [0.1, 0.15) is 20.0 Å². The summed E-state index contributed by atoms with van der Waals surface area (Å²) in [6.07, 6.45) is 3.11. The number of piperazine rings is 1. The number of thiophene rings is 1. The number of aromatic carboxylic acids is 1. The van der Waals surface area contributed by atoms with Crippen LogP contribution in [-0.4, -0.2) is 65.7 Å². The molecule has 1 fully saturated rings. The van der Waals surface area contributed by atoms with E-state index in [1.54, 1.807) is 11.8 Å². The third kappa shape index (κ3) is 4.36. The van der Waals surface area contributed by atoms with Crippen LogP contribution in [0.25, 0.3) is 10.9 Å². The van der Waals surface area contributed by atoms with Gasteiger partial charge < -0.3 is 15.0 Å². The molecule has 31 heavy (non-hydrogen) atoms. The van der Waals surface area contributed by atoms with E-state index in [1.165, 1.54) is 17.4 Å². The molecule has 2 N–H and O–H groups in total. The number of rotatable bonds is 6. The highest BCUT2D eigenvalue weighted by atomic mass is 32.2. The number of H-pyrrole nitrogens is 1. The van der Waals surface area contributed by atoms with Crippen LogP contribution in [-0.2, 0) is 0 Å². The lowest BCUT2D eigenvalue weighted by atomic mass is 10.1. The average molecular weight is 462 g/mol. The van der Waals surface area contributed by atoms with Crippen molar-refractivity contribution in [3.8, 4) is 0 Å². The van der Waals surface area contributed by atoms with E-state index in [1.807, 2.05) is 23.3 Å². The molecule has 3 aromatic rings. The Labute approximate surface area is 185 Å². The third-order valence-corrected chi connectivity index (χ3v) is 7.53. The lowest BCUT2D eigenvalue weighted by molar-refractivity contribution is 0.0695. The fraction of sp³-hybridized carbons (Fsp3) is 0.286. The van der Waals surface area contributed by atoms with Crippen LogP contribution in [0.4, 0.5) is 10.1 Å². The summed E-state index contributed by atoms with van der Waals surface area (Å²) < 4.78 is 15.9. The number of ketones is 1. The molecule has 3 heterocycles. The highest BCUT2D eigenvalue weighted by molar-refractivity contribution is 8.00. The number of benzene rings is 1. The Morgan fingerprint density at radius 2 is 1.97 bits per heavy atom. The highest BCUT2D eigenvalue weighted by Gasteiger charge is 2.23. The van der Waals surface area contributed by atoms with Crippen LogP contribution < -0.4 is 10.3 Å². The van der Waals surface area contributed by atoms with Crippen LogP contribution >= 0.6 is 23.1 Å². The molecule has 0 radical (unpaired) electrons. The van der Waals surface area contributed by atoms with Gasteiger partial charge in [-0.2, -0.15) is 0 Å². The maximum Gasteiger partial charge on any atom is 0.341 e. The molecule has 0 spiro atoms. The van der Waals surface area contributed by atoms with Gasteiger partial charge in [0.1, 0.15) is 11.4 Å². The van der Waals surface area contributed by atoms with Crippen molar-refractivity contribution >= 4 is 51.4 Å². The molecule has 0 unspecified atom stereocenters. The number of Topliss-reactive ketones (excluding diaryl/α,β-unsaturated/α-hetero) is 1. The normalized spacial score (nSPS) is 14.8. The number of carbonyl (C=O) groups is 2. The van der Waals surface area contributed by atoms with Crippen LogP contribution in [0, 0.1) is 5.82 Å². The zero-order valence-electron chi connectivity index (χ0n) is 16.7. The van der Waals surface area contributed by atoms with Crippen molar-refractivity contribution in [2.24, 2.45) is 0 Å². The summed E-state index contributed by atoms with van der Waals surface area (Å²) in [4.78, 5) is 43.4. The smallest absolute Gasteiger partial charge is 0.341 e. The third-order valence-electron chi connectivity index (χ3n) is 5.32. The number of carboxylic acid groups (broad SMARTS) is 1. The first-order chi connectivity index (χ1) is 14.9. The van der Waals surface area contributed by atoms with Crippen LogP contribution in [0.3, 0.4) is 0 Å². The minimum absolute atomic E-state index is 0.00550. The molecule has 7 nitrogen and oxygen atoms in total. The maximum atomic E-state index is 14.8. The van der Waals surface area contributed by atoms with Crippen LogP contribution in [0.5, 0.6) is 0 Å². The summed E-state index contributed by atoms with van der Waals surface area (Å²) in [7, 11) is 0. The van der Waals surface area contributed by atoms with Crippen molar-refractivity contribution in [3.63, 3.8) is 0 Å². The number of pyridine rings is 1. The Balaban J connectivity index is 1.46. The number of anilines is 1. The summed E-state index contributed by atoms with van der Waals surface area (Å²) in [5, 5.41) is 9.08. The second kappa shape index (κ2) is 8.81. The van der Waals surface area contributed by atoms with E-state index >= 15 is 0 Å². The van der Waals surface area contributed by atoms with Gasteiger partial charge in [0.05, 0.1) is 26.8 Å². The fourth-order valence-corrected chi connectivity index (χ4v) is 5.11. The molecule has 0 atom stereocenters. The molecule has 10 heteroatoms. The summed E-state index contributed by atoms with van der Waals surface area (Å²) in [5.41, 5.74) is -0.409. The number of aromatic amines is 1. The van der Waals surface area contributed by atoms with E-state index in [-0.39, 0.29) is 11.2 Å². The Morgan fingerprint density at radius 3 is 2.61 bits per heavy atom. The maximum absolute atomic E-state index is 14.8. The number of carboxylic acids is 1. The molecule has 2 aromatic heterocycles. The zero-order chi connectivity index (χ0) is 22.1. The van der Waals surface area contributed by atoms with Gasteiger partial charge in [-0.05, 0) is 30.5 Å². The van der Waals surface area contributed by atoms with Crippen LogP contribution in [0.2, 0.25) is 0 Å². The number of hydrogen-bond acceptors (Lipinski definition) is 7. The van der Waals surface area contributed by atoms with Crippen molar-refractivity contribution in [2.75, 3.05) is 43.9 Å². The number of thioether (sulfide) groups is 1. The molecular weight excluding hydrogens is 441 g/mol. The van der Waals surface area contributed by atoms with Gasteiger partial charge in [0, 0.05) is 37.8 Å². The molecular formula is C21H20FN3O4S2. The van der Waals surface area contributed by atoms with Crippen molar-refractivity contribution in [1.82, 2.24) is 9.88 Å². The van der Waals surface area contributed by atoms with E-state index < -0.39 is 22.8 Å². The molecule has 1 saturated heterocycles. The topological polar surface area (TPSA) is 93.7 Å². The lowest BCUT2D eigenvalue weighted by Crippen LogP contribution is -2.48. The minimum atomic E-state index is -1.36. The van der Waals surface area contributed by atoms with Gasteiger partial charge in [0.15, 0.2) is 5.78 Å². The Bertz CT molecular complexity index is 1220. The monoisotopic (exact) mass is 461 g/mol. The predicted molar refractivity (Wildman–Crippen MR) is 121 cm³/mol. The standard InChI is InChI=1S/C21H20FN3O4S2/c1-30-19-3-2-18(31-19)17(26)11-24-4-6-25(7-5-24)16-9-15-12(8-14(16)22)20(27)13(10-23-15)21(28)29/h2-3,8-10H,4-7,11H2,1H3,(H,23,27)(H,28,29). The van der Waals surface area contributed by atoms with Gasteiger partial charge in [-0.3, -0.25) is 14.5 Å². The highest BCUT2D eigenvalue weighted by Crippen LogP contribution is 2.27. The first-order valence-electron chi connectivity index (χ1n) is 9.60. The lowest BCUT2D eigenvalue weighted by Gasteiger charge is -2.35. The van der Waals surface area contributed by atoms with E-state index in [0.29, 0.717) is 43.9 Å². The van der Waals surface area contributed by atoms with Crippen molar-refractivity contribution in [2.45, 2.75) is 4.21 Å². The molecule has 4 rings (SSSR count). The second-order valence-electron chi connectivity index (χ2n) is 7.20. The number of fused-ring (bicyclic) bond motifs is 1. The van der Waals surface area contributed by atoms with Gasteiger partial charge in [-0.25, -0.2) is 9.18 Å². The van der Waals surface area contributed by atoms with Gasteiger partial charge >= 0.3 is 5.97 Å². The molecule has 1 aromatic carbocycles. The molecule has 1 aliphatic heterocycles. The van der Waals surface area contributed by atoms with E-state index in [0.717, 1.165) is 21.3 Å². The quantitative estimate of drug-likeness (QED) is 0.430. The SMILES string of the molecule is CSc1ccc(C(=O)CN2CCN(c3cc4[nH]cc(C(=O)O)c(=O)c4cc3F)CC2)s1. The molecule has 0 saturated carbocycles. The van der Waals surface area contributed by atoms with Crippen molar-refractivity contribution in [1.29, 1.82) is 0 Å². The first-order valence-corrected chi connectivity index (χ1v) is 11.6. The van der Waals surface area contributed by atoms with E-state index in [4.69, 9.17) is 5.11 Å². The number of aromatic nitrogens is 1. The summed E-state index contributed by atoms with van der Waals surface area (Å²) in [6.45, 7) is 2.62. The number of hydrogen-bond donors (Lipinski definition) is 2. The number of nitrogens with one attached hydrogen (secondary N) is 1. The molecule has 162 valence electrons. The molecule has 0 amide bonds. The summed E-state index contributed by atoms with van der Waals surface area (Å²) >= 11 is 3.11. The van der Waals surface area contributed by atoms with E-state index in [2.05, 4.69) is 9.88 Å². The number of nitrogens with zero attached hydrogens (tertiary/aromatic N) is 2. The summed E-state index contributed by atoms with van der Waals surface area (Å²) in [5.74, 6) is -1.85.